The van der Waals surface area contributed by atoms with Crippen molar-refractivity contribution in [3.63, 3.8) is 0 Å². The third kappa shape index (κ3) is 4.81. The molecule has 118 valence electrons. The first-order chi connectivity index (χ1) is 10.1. The smallest absolute Gasteiger partial charge is 0.289 e. The van der Waals surface area contributed by atoms with Gasteiger partial charge in [0, 0.05) is 13.1 Å². The van der Waals surface area contributed by atoms with Crippen LogP contribution in [0.25, 0.3) is 0 Å². The second kappa shape index (κ2) is 7.54. The van der Waals surface area contributed by atoms with Crippen LogP contribution in [-0.4, -0.2) is 55.2 Å². The fourth-order valence-corrected chi connectivity index (χ4v) is 2.64. The molecule has 0 aromatic carbocycles. The number of carbonyl (C=O) groups is 3. The van der Waals surface area contributed by atoms with E-state index in [-0.39, 0.29) is 0 Å². The number of hydrogen-bond donors (Lipinski definition) is 2. The molecule has 1 heterocycles. The predicted octanol–water partition coefficient (Wildman–Crippen LogP) is -0.0718. The highest BCUT2D eigenvalue weighted by atomic mass is 16.2. The maximum Gasteiger partial charge on any atom is 0.289 e. The van der Waals surface area contributed by atoms with E-state index in [0.29, 0.717) is 31.3 Å². The average Bonchev–Trinajstić information content (AvgIpc) is 3.34. The van der Waals surface area contributed by atoms with Gasteiger partial charge in [0.05, 0.1) is 6.04 Å². The maximum absolute atomic E-state index is 12.1. The lowest BCUT2D eigenvalue weighted by molar-refractivity contribution is -0.142. The molecule has 1 atom stereocenters. The summed E-state index contributed by atoms with van der Waals surface area (Å²) in [6, 6.07) is -0.684. The molecular formula is C15H25N3O3. The van der Waals surface area contributed by atoms with E-state index in [1.807, 2.05) is 0 Å². The van der Waals surface area contributed by atoms with Crippen molar-refractivity contribution in [2.24, 2.45) is 11.8 Å². The van der Waals surface area contributed by atoms with Gasteiger partial charge in [0.25, 0.3) is 5.91 Å². The van der Waals surface area contributed by atoms with Gasteiger partial charge in [-0.05, 0) is 57.5 Å². The molecule has 0 aromatic heterocycles. The zero-order valence-electron chi connectivity index (χ0n) is 12.6. The van der Waals surface area contributed by atoms with Gasteiger partial charge in [-0.25, -0.2) is 0 Å². The Hall–Kier alpha value is -1.43. The van der Waals surface area contributed by atoms with E-state index in [2.05, 4.69) is 10.6 Å². The maximum atomic E-state index is 12.1. The minimum absolute atomic E-state index is 0.404. The number of hydrogen-bond acceptors (Lipinski definition) is 4. The van der Waals surface area contributed by atoms with Gasteiger partial charge in [-0.1, -0.05) is 0 Å². The molecule has 2 fully saturated rings. The number of amides is 2. The van der Waals surface area contributed by atoms with Crippen LogP contribution < -0.4 is 10.6 Å². The first kappa shape index (κ1) is 15.9. The Morgan fingerprint density at radius 2 is 1.90 bits per heavy atom. The summed E-state index contributed by atoms with van der Waals surface area (Å²) in [7, 11) is 0. The van der Waals surface area contributed by atoms with E-state index in [0.717, 1.165) is 38.8 Å². The molecule has 2 N–H and O–H groups in total. The molecule has 6 heteroatoms. The topological polar surface area (TPSA) is 78.5 Å². The minimum atomic E-state index is -0.684. The molecule has 2 rings (SSSR count). The van der Waals surface area contributed by atoms with Crippen molar-refractivity contribution in [2.45, 2.75) is 38.6 Å². The van der Waals surface area contributed by atoms with Crippen LogP contribution in [0.1, 0.15) is 32.6 Å². The van der Waals surface area contributed by atoms with Crippen molar-refractivity contribution < 1.29 is 14.4 Å². The van der Waals surface area contributed by atoms with Crippen molar-refractivity contribution in [3.05, 3.63) is 0 Å². The third-order valence-corrected chi connectivity index (χ3v) is 4.41. The Morgan fingerprint density at radius 3 is 2.48 bits per heavy atom. The molecule has 1 saturated carbocycles. The summed E-state index contributed by atoms with van der Waals surface area (Å²) in [6.45, 7) is 4.65. The average molecular weight is 295 g/mol. The van der Waals surface area contributed by atoms with E-state index in [1.165, 1.54) is 4.90 Å². The molecule has 21 heavy (non-hydrogen) atoms. The van der Waals surface area contributed by atoms with Crippen LogP contribution in [0.3, 0.4) is 0 Å². The lowest BCUT2D eigenvalue weighted by Crippen LogP contribution is -2.48. The number of rotatable bonds is 8. The van der Waals surface area contributed by atoms with Gasteiger partial charge in [-0.2, -0.15) is 0 Å². The Morgan fingerprint density at radius 1 is 1.24 bits per heavy atom. The van der Waals surface area contributed by atoms with Crippen molar-refractivity contribution in [1.29, 1.82) is 0 Å². The SMILES string of the molecule is CC(C(=O)C(=O)NCC1CC1)N(C=O)CC1CCNCC1. The first-order valence-corrected chi connectivity index (χ1v) is 7.85. The van der Waals surface area contributed by atoms with Crippen molar-refractivity contribution in [3.8, 4) is 0 Å². The molecule has 2 amide bonds. The normalized spacial score (nSPS) is 20.6. The van der Waals surface area contributed by atoms with Crippen LogP contribution in [0.15, 0.2) is 0 Å². The van der Waals surface area contributed by atoms with Gasteiger partial charge >= 0.3 is 0 Å². The number of piperidine rings is 1. The zero-order chi connectivity index (χ0) is 15.2. The molecular weight excluding hydrogens is 270 g/mol. The number of Topliss-reactive ketones (excluding diaryl/α,β-unsaturated/α-hetero) is 1. The van der Waals surface area contributed by atoms with Crippen LogP contribution in [0.2, 0.25) is 0 Å². The van der Waals surface area contributed by atoms with Crippen LogP contribution in [0.5, 0.6) is 0 Å². The number of nitrogens with one attached hydrogen (secondary N) is 2. The lowest BCUT2D eigenvalue weighted by Gasteiger charge is -2.30. The summed E-state index contributed by atoms with van der Waals surface area (Å²) >= 11 is 0. The Labute approximate surface area is 125 Å². The molecule has 2 aliphatic rings. The second-order valence-corrected chi connectivity index (χ2v) is 6.19. The highest BCUT2D eigenvalue weighted by Crippen LogP contribution is 2.27. The molecule has 1 aliphatic carbocycles. The molecule has 1 aliphatic heterocycles. The fourth-order valence-electron chi connectivity index (χ4n) is 2.64. The fraction of sp³-hybridized carbons (Fsp3) is 0.800. The Balaban J connectivity index is 1.81. The summed E-state index contributed by atoms with van der Waals surface area (Å²) < 4.78 is 0. The summed E-state index contributed by atoms with van der Waals surface area (Å²) in [6.07, 6.45) is 4.94. The summed E-state index contributed by atoms with van der Waals surface area (Å²) in [5.41, 5.74) is 0. The van der Waals surface area contributed by atoms with Crippen LogP contribution >= 0.6 is 0 Å². The van der Waals surface area contributed by atoms with Crippen LogP contribution in [-0.2, 0) is 14.4 Å². The minimum Gasteiger partial charge on any atom is -0.349 e. The van der Waals surface area contributed by atoms with Crippen molar-refractivity contribution in [2.75, 3.05) is 26.2 Å². The first-order valence-electron chi connectivity index (χ1n) is 7.85. The van der Waals surface area contributed by atoms with Gasteiger partial charge in [0.15, 0.2) is 0 Å². The highest BCUT2D eigenvalue weighted by Gasteiger charge is 2.29. The molecule has 0 aromatic rings. The van der Waals surface area contributed by atoms with Crippen molar-refractivity contribution >= 4 is 18.1 Å². The number of ketones is 1. The van der Waals surface area contributed by atoms with E-state index in [1.54, 1.807) is 6.92 Å². The Bertz CT molecular complexity index is 390. The lowest BCUT2D eigenvalue weighted by atomic mass is 9.97. The quantitative estimate of drug-likeness (QED) is 0.485. The van der Waals surface area contributed by atoms with E-state index in [9.17, 15) is 14.4 Å². The van der Waals surface area contributed by atoms with E-state index < -0.39 is 17.7 Å². The van der Waals surface area contributed by atoms with Crippen LogP contribution in [0, 0.1) is 11.8 Å². The van der Waals surface area contributed by atoms with E-state index in [4.69, 9.17) is 0 Å². The monoisotopic (exact) mass is 295 g/mol. The Kier molecular flexibility index (Phi) is 5.73. The highest BCUT2D eigenvalue weighted by molar-refractivity contribution is 6.38. The molecule has 6 nitrogen and oxygen atoms in total. The molecule has 1 saturated heterocycles. The van der Waals surface area contributed by atoms with Crippen molar-refractivity contribution in [1.82, 2.24) is 15.5 Å². The third-order valence-electron chi connectivity index (χ3n) is 4.41. The second-order valence-electron chi connectivity index (χ2n) is 6.19. The van der Waals surface area contributed by atoms with Crippen LogP contribution in [0.4, 0.5) is 0 Å². The molecule has 0 spiro atoms. The van der Waals surface area contributed by atoms with Gasteiger partial charge in [0.2, 0.25) is 12.2 Å². The van der Waals surface area contributed by atoms with Gasteiger partial charge < -0.3 is 15.5 Å². The zero-order valence-corrected chi connectivity index (χ0v) is 12.6. The summed E-state index contributed by atoms with van der Waals surface area (Å²) in [5, 5.41) is 5.94. The molecule has 1 unspecified atom stereocenters. The van der Waals surface area contributed by atoms with Gasteiger partial charge in [-0.15, -0.1) is 0 Å². The molecule has 0 radical (unpaired) electrons. The summed E-state index contributed by atoms with van der Waals surface area (Å²) in [5.74, 6) is -0.140. The standard InChI is InChI=1S/C15H25N3O3/c1-11(14(20)15(21)17-8-12-2-3-12)18(10-19)9-13-4-6-16-7-5-13/h10-13,16H,2-9H2,1H3,(H,17,21). The van der Waals surface area contributed by atoms with E-state index >= 15 is 0 Å². The molecule has 0 bridgehead atoms. The van der Waals surface area contributed by atoms with Gasteiger partial charge in [-0.3, -0.25) is 14.4 Å². The number of nitrogens with zero attached hydrogens (tertiary/aromatic N) is 1. The summed E-state index contributed by atoms with van der Waals surface area (Å²) in [4.78, 5) is 36.6. The predicted molar refractivity (Wildman–Crippen MR) is 78.6 cm³/mol. The number of carbonyl (C=O) groups excluding carboxylic acids is 3. The van der Waals surface area contributed by atoms with Gasteiger partial charge in [0.1, 0.15) is 0 Å². The largest absolute Gasteiger partial charge is 0.349 e.